The maximum Gasteiger partial charge on any atom is 0.373 e. The van der Waals surface area contributed by atoms with E-state index in [4.69, 9.17) is 4.42 Å². The van der Waals surface area contributed by atoms with Crippen LogP contribution in [0.4, 0.5) is 5.82 Å². The van der Waals surface area contributed by atoms with Gasteiger partial charge in [0, 0.05) is 18.9 Å². The molecule has 0 saturated carbocycles. The Balaban J connectivity index is 1.92. The molecular weight excluding hydrogens is 328 g/mol. The number of nitrogens with one attached hydrogen (secondary N) is 1. The predicted octanol–water partition coefficient (Wildman–Crippen LogP) is 3.34. The van der Waals surface area contributed by atoms with E-state index in [0.717, 1.165) is 32.4 Å². The lowest BCUT2D eigenvalue weighted by Gasteiger charge is -2.04. The first-order valence-electron chi connectivity index (χ1n) is 7.26. The van der Waals surface area contributed by atoms with Gasteiger partial charge in [-0.2, -0.15) is 0 Å². The number of fused-ring (bicyclic) bond motifs is 3. The van der Waals surface area contributed by atoms with Crippen molar-refractivity contribution in [2.24, 2.45) is 0 Å². The molecule has 0 aliphatic carbocycles. The number of imidazole rings is 1. The van der Waals surface area contributed by atoms with Gasteiger partial charge in [0.2, 0.25) is 5.76 Å². The lowest BCUT2D eigenvalue weighted by molar-refractivity contribution is 0.0566. The number of methoxy groups -OCH3 is 1. The summed E-state index contributed by atoms with van der Waals surface area (Å²) in [6.07, 6.45) is 1.82. The number of hydrogen-bond donors (Lipinski definition) is 1. The summed E-state index contributed by atoms with van der Waals surface area (Å²) in [5.74, 6) is 1.01. The third-order valence-corrected chi connectivity index (χ3v) is 4.88. The van der Waals surface area contributed by atoms with Crippen LogP contribution in [-0.4, -0.2) is 34.5 Å². The molecule has 0 radical (unpaired) electrons. The van der Waals surface area contributed by atoms with E-state index in [0.29, 0.717) is 5.76 Å². The number of rotatable bonds is 3. The molecule has 1 N–H and O–H groups in total. The standard InChI is InChI=1S/C16H14N4O3S/c1-8-7-18-14-13(17-2)19-9-6-12(24-15(9)20(8)14)10-4-5-11(23-10)16(21)22-3/h4-7H,1-3H3,(H,17,19). The summed E-state index contributed by atoms with van der Waals surface area (Å²) in [6.45, 7) is 2.00. The van der Waals surface area contributed by atoms with Crippen LogP contribution in [0.2, 0.25) is 0 Å². The van der Waals surface area contributed by atoms with E-state index in [1.807, 2.05) is 26.2 Å². The Labute approximate surface area is 140 Å². The highest BCUT2D eigenvalue weighted by molar-refractivity contribution is 7.21. The fourth-order valence-electron chi connectivity index (χ4n) is 2.61. The van der Waals surface area contributed by atoms with E-state index in [-0.39, 0.29) is 5.76 Å². The second kappa shape index (κ2) is 5.34. The first-order chi connectivity index (χ1) is 11.6. The Morgan fingerprint density at radius 3 is 3.00 bits per heavy atom. The minimum atomic E-state index is -0.495. The normalized spacial score (nSPS) is 11.3. The minimum absolute atomic E-state index is 0.179. The van der Waals surface area contributed by atoms with E-state index in [1.165, 1.54) is 18.4 Å². The van der Waals surface area contributed by atoms with Crippen molar-refractivity contribution in [3.05, 3.63) is 35.9 Å². The van der Waals surface area contributed by atoms with Gasteiger partial charge in [0.15, 0.2) is 11.5 Å². The van der Waals surface area contributed by atoms with Crippen molar-refractivity contribution in [2.75, 3.05) is 19.5 Å². The number of thiophene rings is 1. The first-order valence-corrected chi connectivity index (χ1v) is 8.08. The lowest BCUT2D eigenvalue weighted by atomic mass is 10.3. The van der Waals surface area contributed by atoms with Gasteiger partial charge in [0.25, 0.3) is 0 Å². The van der Waals surface area contributed by atoms with Crippen LogP contribution in [-0.2, 0) is 4.74 Å². The Morgan fingerprint density at radius 2 is 2.25 bits per heavy atom. The minimum Gasteiger partial charge on any atom is -0.463 e. The number of carbonyl (C=O) groups is 1. The monoisotopic (exact) mass is 342 g/mol. The molecule has 4 heterocycles. The Morgan fingerprint density at radius 1 is 1.42 bits per heavy atom. The maximum atomic E-state index is 11.6. The summed E-state index contributed by atoms with van der Waals surface area (Å²) >= 11 is 1.54. The Hall–Kier alpha value is -2.87. The van der Waals surface area contributed by atoms with Gasteiger partial charge in [0.1, 0.15) is 16.1 Å². The van der Waals surface area contributed by atoms with Crippen LogP contribution in [0.1, 0.15) is 16.2 Å². The third kappa shape index (κ3) is 2.07. The second-order valence-corrected chi connectivity index (χ2v) is 6.26. The SMILES string of the molecule is CNc1nc2cc(-c3ccc(C(=O)OC)o3)sc2n2c(C)cnc12. The summed E-state index contributed by atoms with van der Waals surface area (Å²) in [6, 6.07) is 5.31. The van der Waals surface area contributed by atoms with Crippen molar-refractivity contribution >= 4 is 39.1 Å². The van der Waals surface area contributed by atoms with Crippen LogP contribution in [0, 0.1) is 6.92 Å². The number of anilines is 1. The molecule has 0 aliphatic rings. The summed E-state index contributed by atoms with van der Waals surface area (Å²) in [4.78, 5) is 22.5. The van der Waals surface area contributed by atoms with Crippen LogP contribution in [0.25, 0.3) is 26.6 Å². The van der Waals surface area contributed by atoms with Crippen LogP contribution >= 0.6 is 11.3 Å². The van der Waals surface area contributed by atoms with E-state index < -0.39 is 5.97 Å². The number of ether oxygens (including phenoxy) is 1. The Bertz CT molecular complexity index is 1080. The van der Waals surface area contributed by atoms with Crippen molar-refractivity contribution in [2.45, 2.75) is 6.92 Å². The maximum absolute atomic E-state index is 11.6. The molecule has 7 nitrogen and oxygen atoms in total. The van der Waals surface area contributed by atoms with Crippen LogP contribution in [0.3, 0.4) is 0 Å². The highest BCUT2D eigenvalue weighted by Gasteiger charge is 2.17. The second-order valence-electron chi connectivity index (χ2n) is 5.23. The van der Waals surface area contributed by atoms with Crippen molar-refractivity contribution in [1.29, 1.82) is 0 Å². The topological polar surface area (TPSA) is 81.7 Å². The molecule has 0 aliphatic heterocycles. The van der Waals surface area contributed by atoms with Crippen molar-refractivity contribution in [3.63, 3.8) is 0 Å². The highest BCUT2D eigenvalue weighted by Crippen LogP contribution is 2.35. The smallest absolute Gasteiger partial charge is 0.373 e. The third-order valence-electron chi connectivity index (χ3n) is 3.75. The van der Waals surface area contributed by atoms with E-state index in [1.54, 1.807) is 12.1 Å². The fraction of sp³-hybridized carbons (Fsp3) is 0.188. The number of esters is 1. The largest absolute Gasteiger partial charge is 0.463 e. The molecule has 0 unspecified atom stereocenters. The van der Waals surface area contributed by atoms with Gasteiger partial charge in [-0.05, 0) is 25.1 Å². The van der Waals surface area contributed by atoms with Crippen molar-refractivity contribution in [1.82, 2.24) is 14.4 Å². The van der Waals surface area contributed by atoms with Crippen molar-refractivity contribution in [3.8, 4) is 10.6 Å². The number of nitrogens with zero attached hydrogens (tertiary/aromatic N) is 3. The van der Waals surface area contributed by atoms with Gasteiger partial charge in [-0.3, -0.25) is 4.40 Å². The molecule has 0 fully saturated rings. The molecule has 8 heteroatoms. The molecule has 0 aromatic carbocycles. The number of carbonyl (C=O) groups excluding carboxylic acids is 1. The number of furan rings is 1. The van der Waals surface area contributed by atoms with Gasteiger partial charge in [-0.15, -0.1) is 11.3 Å². The molecule has 4 aromatic heterocycles. The molecule has 0 bridgehead atoms. The molecule has 0 amide bonds. The predicted molar refractivity (Wildman–Crippen MR) is 91.7 cm³/mol. The zero-order valence-corrected chi connectivity index (χ0v) is 14.1. The highest BCUT2D eigenvalue weighted by atomic mass is 32.1. The number of aromatic nitrogens is 3. The molecular formula is C16H14N4O3S. The first kappa shape index (κ1) is 14.7. The summed E-state index contributed by atoms with van der Waals surface area (Å²) < 4.78 is 12.3. The van der Waals surface area contributed by atoms with Crippen LogP contribution < -0.4 is 5.32 Å². The van der Waals surface area contributed by atoms with E-state index in [2.05, 4.69) is 24.4 Å². The zero-order chi connectivity index (χ0) is 16.8. The van der Waals surface area contributed by atoms with Gasteiger partial charge in [0.05, 0.1) is 12.0 Å². The molecule has 4 rings (SSSR count). The summed E-state index contributed by atoms with van der Waals surface area (Å²) in [5.41, 5.74) is 2.64. The average molecular weight is 342 g/mol. The molecule has 0 spiro atoms. The van der Waals surface area contributed by atoms with Crippen LogP contribution in [0.15, 0.2) is 28.8 Å². The van der Waals surface area contributed by atoms with E-state index >= 15 is 0 Å². The van der Waals surface area contributed by atoms with Crippen LogP contribution in [0.5, 0.6) is 0 Å². The number of aryl methyl sites for hydroxylation is 1. The van der Waals surface area contributed by atoms with Gasteiger partial charge < -0.3 is 14.5 Å². The van der Waals surface area contributed by atoms with E-state index in [9.17, 15) is 4.79 Å². The quantitative estimate of drug-likeness (QED) is 0.575. The van der Waals surface area contributed by atoms with Gasteiger partial charge in [-0.25, -0.2) is 14.8 Å². The molecule has 0 saturated heterocycles. The lowest BCUT2D eigenvalue weighted by Crippen LogP contribution is -1.98. The molecule has 0 atom stereocenters. The van der Waals surface area contributed by atoms with Crippen molar-refractivity contribution < 1.29 is 13.9 Å². The fourth-order valence-corrected chi connectivity index (χ4v) is 3.73. The number of hydrogen-bond acceptors (Lipinski definition) is 7. The zero-order valence-electron chi connectivity index (χ0n) is 13.3. The molecule has 4 aromatic rings. The summed E-state index contributed by atoms with van der Waals surface area (Å²) in [7, 11) is 3.15. The average Bonchev–Trinajstić information content (AvgIpc) is 3.30. The molecule has 24 heavy (non-hydrogen) atoms. The van der Waals surface area contributed by atoms with Gasteiger partial charge in [-0.1, -0.05) is 0 Å². The molecule has 122 valence electrons. The summed E-state index contributed by atoms with van der Waals surface area (Å²) in [5, 5.41) is 3.08. The van der Waals surface area contributed by atoms with Gasteiger partial charge >= 0.3 is 5.97 Å². The Kier molecular flexibility index (Phi) is 3.27.